The molecule has 2 fully saturated rings. The van der Waals surface area contributed by atoms with Gasteiger partial charge in [-0.2, -0.15) is 0 Å². The van der Waals surface area contributed by atoms with Crippen molar-refractivity contribution in [1.82, 2.24) is 14.9 Å². The predicted molar refractivity (Wildman–Crippen MR) is 102 cm³/mol. The third-order valence-corrected chi connectivity index (χ3v) is 5.88. The third kappa shape index (κ3) is 4.01. The lowest BCUT2D eigenvalue weighted by atomic mass is 9.83. The van der Waals surface area contributed by atoms with Crippen LogP contribution in [0.3, 0.4) is 0 Å². The van der Waals surface area contributed by atoms with Crippen LogP contribution in [0, 0.1) is 18.8 Å². The van der Waals surface area contributed by atoms with Gasteiger partial charge in [0.2, 0.25) is 0 Å². The number of aromatic nitrogens is 2. The molecular formula is C21H28N4. The average molecular weight is 336 g/mol. The fourth-order valence-corrected chi connectivity index (χ4v) is 4.41. The molecule has 0 radical (unpaired) electrons. The van der Waals surface area contributed by atoms with Crippen molar-refractivity contribution in [2.75, 3.05) is 31.1 Å². The maximum absolute atomic E-state index is 4.57. The first kappa shape index (κ1) is 16.5. The molecule has 4 heterocycles. The summed E-state index contributed by atoms with van der Waals surface area (Å²) in [5.41, 5.74) is 2.63. The molecule has 0 unspecified atom stereocenters. The van der Waals surface area contributed by atoms with Crippen LogP contribution in [0.25, 0.3) is 0 Å². The summed E-state index contributed by atoms with van der Waals surface area (Å²) in [4.78, 5) is 13.9. The number of aryl methyl sites for hydroxylation is 1. The Hall–Kier alpha value is -1.94. The molecule has 4 rings (SSSR count). The first-order chi connectivity index (χ1) is 12.3. The van der Waals surface area contributed by atoms with Gasteiger partial charge in [0.05, 0.1) is 0 Å². The Morgan fingerprint density at radius 1 is 1.04 bits per heavy atom. The van der Waals surface area contributed by atoms with Crippen LogP contribution in [0.4, 0.5) is 5.82 Å². The highest BCUT2D eigenvalue weighted by atomic mass is 15.2. The van der Waals surface area contributed by atoms with Gasteiger partial charge in [0.1, 0.15) is 5.82 Å². The molecule has 2 aliphatic rings. The summed E-state index contributed by atoms with van der Waals surface area (Å²) in [6.07, 6.45) is 9.78. The summed E-state index contributed by atoms with van der Waals surface area (Å²) < 4.78 is 0. The summed E-state index contributed by atoms with van der Waals surface area (Å²) in [7, 11) is 0. The van der Waals surface area contributed by atoms with Gasteiger partial charge in [-0.15, -0.1) is 0 Å². The molecule has 132 valence electrons. The molecule has 4 heteroatoms. The number of hydrogen-bond donors (Lipinski definition) is 0. The Morgan fingerprint density at radius 3 is 2.64 bits per heavy atom. The Bertz CT molecular complexity index is 679. The third-order valence-electron chi connectivity index (χ3n) is 5.88. The minimum absolute atomic E-state index is 0.836. The number of piperidine rings is 1. The standard InChI is InChI=1S/C21H28N4/c1-17-4-9-23-21(13-17)25-12-7-20(16-25)19-5-10-24(11-6-19)15-18-3-2-8-22-14-18/h2-4,8-9,13-14,19-20H,5-7,10-12,15-16H2,1H3/t20-/m0/s1. The van der Waals surface area contributed by atoms with E-state index in [0.29, 0.717) is 0 Å². The first-order valence-electron chi connectivity index (χ1n) is 9.57. The number of nitrogens with zero attached hydrogens (tertiary/aromatic N) is 4. The molecule has 2 saturated heterocycles. The van der Waals surface area contributed by atoms with Gasteiger partial charge in [0.25, 0.3) is 0 Å². The zero-order chi connectivity index (χ0) is 17.1. The van der Waals surface area contributed by atoms with Gasteiger partial charge in [-0.3, -0.25) is 9.88 Å². The number of likely N-dealkylation sites (tertiary alicyclic amines) is 1. The van der Waals surface area contributed by atoms with Gasteiger partial charge in [-0.1, -0.05) is 6.07 Å². The molecule has 2 aliphatic heterocycles. The van der Waals surface area contributed by atoms with Crippen LogP contribution >= 0.6 is 0 Å². The van der Waals surface area contributed by atoms with Gasteiger partial charge < -0.3 is 4.90 Å². The quantitative estimate of drug-likeness (QED) is 0.855. The van der Waals surface area contributed by atoms with Crippen LogP contribution in [0.1, 0.15) is 30.4 Å². The van der Waals surface area contributed by atoms with Gasteiger partial charge in [0, 0.05) is 38.2 Å². The highest BCUT2D eigenvalue weighted by Crippen LogP contribution is 2.33. The minimum Gasteiger partial charge on any atom is -0.356 e. The molecule has 4 nitrogen and oxygen atoms in total. The largest absolute Gasteiger partial charge is 0.356 e. The lowest BCUT2D eigenvalue weighted by Gasteiger charge is -2.34. The Labute approximate surface area is 150 Å². The van der Waals surface area contributed by atoms with E-state index in [-0.39, 0.29) is 0 Å². The highest BCUT2D eigenvalue weighted by molar-refractivity contribution is 5.41. The Morgan fingerprint density at radius 2 is 1.88 bits per heavy atom. The molecule has 25 heavy (non-hydrogen) atoms. The van der Waals surface area contributed by atoms with Crippen molar-refractivity contribution in [3.05, 3.63) is 54.0 Å². The molecule has 0 N–H and O–H groups in total. The van der Waals surface area contributed by atoms with E-state index in [1.54, 1.807) is 0 Å². The van der Waals surface area contributed by atoms with Crippen molar-refractivity contribution in [2.24, 2.45) is 11.8 Å². The maximum atomic E-state index is 4.57. The fraction of sp³-hybridized carbons (Fsp3) is 0.524. The Balaban J connectivity index is 1.28. The highest BCUT2D eigenvalue weighted by Gasteiger charge is 2.32. The van der Waals surface area contributed by atoms with Crippen molar-refractivity contribution < 1.29 is 0 Å². The van der Waals surface area contributed by atoms with Crippen molar-refractivity contribution in [2.45, 2.75) is 32.7 Å². The number of hydrogen-bond acceptors (Lipinski definition) is 4. The normalized spacial score (nSPS) is 22.4. The number of anilines is 1. The van der Waals surface area contributed by atoms with Crippen LogP contribution in [0.2, 0.25) is 0 Å². The van der Waals surface area contributed by atoms with Crippen molar-refractivity contribution >= 4 is 5.82 Å². The van der Waals surface area contributed by atoms with E-state index in [1.165, 1.54) is 50.0 Å². The Kier molecular flexibility index (Phi) is 4.97. The van der Waals surface area contributed by atoms with E-state index in [0.717, 1.165) is 30.7 Å². The second-order valence-electron chi connectivity index (χ2n) is 7.66. The molecule has 0 amide bonds. The molecule has 0 bridgehead atoms. The molecule has 0 aliphatic carbocycles. The summed E-state index contributed by atoms with van der Waals surface area (Å²) in [5, 5.41) is 0. The zero-order valence-corrected chi connectivity index (χ0v) is 15.1. The van der Waals surface area contributed by atoms with E-state index in [2.05, 4.69) is 44.9 Å². The molecule has 1 atom stereocenters. The zero-order valence-electron chi connectivity index (χ0n) is 15.1. The second kappa shape index (κ2) is 7.52. The van der Waals surface area contributed by atoms with Crippen LogP contribution < -0.4 is 4.90 Å². The van der Waals surface area contributed by atoms with Crippen molar-refractivity contribution in [3.8, 4) is 0 Å². The smallest absolute Gasteiger partial charge is 0.128 e. The summed E-state index contributed by atoms with van der Waals surface area (Å²) >= 11 is 0. The van der Waals surface area contributed by atoms with E-state index < -0.39 is 0 Å². The molecular weight excluding hydrogens is 308 g/mol. The van der Waals surface area contributed by atoms with Crippen LogP contribution in [0.5, 0.6) is 0 Å². The number of rotatable bonds is 4. The fourth-order valence-electron chi connectivity index (χ4n) is 4.41. The topological polar surface area (TPSA) is 32.3 Å². The average Bonchev–Trinajstić information content (AvgIpc) is 3.13. The predicted octanol–water partition coefficient (Wildman–Crippen LogP) is 3.52. The van der Waals surface area contributed by atoms with E-state index in [1.807, 2.05) is 24.7 Å². The van der Waals surface area contributed by atoms with E-state index >= 15 is 0 Å². The van der Waals surface area contributed by atoms with Crippen LogP contribution in [-0.2, 0) is 6.54 Å². The SMILES string of the molecule is Cc1ccnc(N2CC[C@H](C3CCN(Cc4cccnc4)CC3)C2)c1. The maximum Gasteiger partial charge on any atom is 0.128 e. The van der Waals surface area contributed by atoms with Gasteiger partial charge in [-0.05, 0) is 80.4 Å². The van der Waals surface area contributed by atoms with Crippen molar-refractivity contribution in [3.63, 3.8) is 0 Å². The van der Waals surface area contributed by atoms with Gasteiger partial charge in [0.15, 0.2) is 0 Å². The number of pyridine rings is 2. The van der Waals surface area contributed by atoms with Crippen LogP contribution in [-0.4, -0.2) is 41.0 Å². The molecule has 0 spiro atoms. The summed E-state index contributed by atoms with van der Waals surface area (Å²) in [5.74, 6) is 2.87. The van der Waals surface area contributed by atoms with Crippen LogP contribution in [0.15, 0.2) is 42.9 Å². The van der Waals surface area contributed by atoms with Crippen molar-refractivity contribution in [1.29, 1.82) is 0 Å². The van der Waals surface area contributed by atoms with Gasteiger partial charge in [-0.25, -0.2) is 4.98 Å². The molecule has 2 aromatic rings. The van der Waals surface area contributed by atoms with E-state index in [4.69, 9.17) is 0 Å². The van der Waals surface area contributed by atoms with Gasteiger partial charge >= 0.3 is 0 Å². The van der Waals surface area contributed by atoms with E-state index in [9.17, 15) is 0 Å². The monoisotopic (exact) mass is 336 g/mol. The lowest BCUT2D eigenvalue weighted by Crippen LogP contribution is -2.36. The molecule has 0 aromatic carbocycles. The second-order valence-corrected chi connectivity index (χ2v) is 7.66. The minimum atomic E-state index is 0.836. The first-order valence-corrected chi connectivity index (χ1v) is 9.57. The summed E-state index contributed by atoms with van der Waals surface area (Å²) in [6.45, 7) is 7.99. The molecule has 0 saturated carbocycles. The summed E-state index contributed by atoms with van der Waals surface area (Å²) in [6, 6.07) is 8.52. The lowest BCUT2D eigenvalue weighted by molar-refractivity contribution is 0.147. The molecule has 2 aromatic heterocycles.